The van der Waals surface area contributed by atoms with E-state index in [4.69, 9.17) is 4.74 Å². The van der Waals surface area contributed by atoms with E-state index in [1.54, 1.807) is 19.1 Å². The van der Waals surface area contributed by atoms with E-state index in [1.807, 2.05) is 0 Å². The minimum atomic E-state index is -1.27. The Balaban J connectivity index is 2.12. The van der Waals surface area contributed by atoms with Crippen molar-refractivity contribution < 1.29 is 23.5 Å². The third-order valence-electron chi connectivity index (χ3n) is 5.21. The van der Waals surface area contributed by atoms with Crippen molar-refractivity contribution in [2.45, 2.75) is 24.9 Å². The van der Waals surface area contributed by atoms with Crippen LogP contribution in [0, 0.1) is 17.7 Å². The Labute approximate surface area is 139 Å². The summed E-state index contributed by atoms with van der Waals surface area (Å²) in [5.74, 6) is -3.25. The highest BCUT2D eigenvalue weighted by atomic mass is 19.1. The maximum atomic E-state index is 13.2. The zero-order valence-corrected chi connectivity index (χ0v) is 13.7. The van der Waals surface area contributed by atoms with Gasteiger partial charge >= 0.3 is 5.97 Å². The fourth-order valence-corrected chi connectivity index (χ4v) is 3.94. The van der Waals surface area contributed by atoms with Crippen molar-refractivity contribution in [3.8, 4) is 0 Å². The van der Waals surface area contributed by atoms with Gasteiger partial charge in [-0.3, -0.25) is 24.6 Å². The number of halogens is 1. The molecule has 6 nitrogen and oxygen atoms in total. The molecule has 4 atom stereocenters. The van der Waals surface area contributed by atoms with E-state index in [-0.39, 0.29) is 5.91 Å². The van der Waals surface area contributed by atoms with E-state index in [0.29, 0.717) is 12.0 Å². The van der Waals surface area contributed by atoms with Gasteiger partial charge in [0.05, 0.1) is 18.9 Å². The van der Waals surface area contributed by atoms with E-state index in [1.165, 1.54) is 26.3 Å². The molecule has 2 fully saturated rings. The predicted octanol–water partition coefficient (Wildman–Crippen LogP) is 1.02. The van der Waals surface area contributed by atoms with Gasteiger partial charge in [-0.2, -0.15) is 0 Å². The Morgan fingerprint density at radius 3 is 2.46 bits per heavy atom. The van der Waals surface area contributed by atoms with Gasteiger partial charge in [0.15, 0.2) is 0 Å². The Hall–Kier alpha value is -2.28. The predicted molar refractivity (Wildman–Crippen MR) is 82.1 cm³/mol. The van der Waals surface area contributed by atoms with Crippen LogP contribution in [0.3, 0.4) is 0 Å². The fraction of sp³-hybridized carbons (Fsp3) is 0.471. The molecule has 2 amide bonds. The number of carbonyl (C=O) groups excluding carboxylic acids is 3. The number of ether oxygens (including phenoxy) is 1. The molecule has 1 N–H and O–H groups in total. The lowest BCUT2D eigenvalue weighted by Gasteiger charge is -2.30. The minimum Gasteiger partial charge on any atom is -0.468 e. The molecule has 0 unspecified atom stereocenters. The molecular formula is C17H19FN2O4. The Morgan fingerprint density at radius 1 is 1.29 bits per heavy atom. The van der Waals surface area contributed by atoms with E-state index >= 15 is 0 Å². The summed E-state index contributed by atoms with van der Waals surface area (Å²) in [4.78, 5) is 38.8. The third-order valence-corrected chi connectivity index (χ3v) is 5.21. The lowest BCUT2D eigenvalue weighted by atomic mass is 9.78. The van der Waals surface area contributed by atoms with E-state index < -0.39 is 41.1 Å². The smallest absolute Gasteiger partial charge is 0.326 e. The van der Waals surface area contributed by atoms with Crippen LogP contribution in [-0.2, 0) is 19.1 Å². The van der Waals surface area contributed by atoms with Gasteiger partial charge in [0.1, 0.15) is 11.4 Å². The summed E-state index contributed by atoms with van der Waals surface area (Å²) in [7, 11) is 2.68. The van der Waals surface area contributed by atoms with E-state index in [2.05, 4.69) is 5.32 Å². The van der Waals surface area contributed by atoms with Gasteiger partial charge in [-0.15, -0.1) is 0 Å². The highest BCUT2D eigenvalue weighted by Gasteiger charge is 2.67. The van der Waals surface area contributed by atoms with Crippen LogP contribution in [-0.4, -0.2) is 42.4 Å². The zero-order chi connectivity index (χ0) is 17.6. The number of hydrogen-bond donors (Lipinski definition) is 1. The SMILES string of the molecule is CC[C@]1(C(=O)OC)N[C@H](c2ccc(F)cc2)[C@@H]2C(=O)N(C)C(=O)[C@H]21. The number of rotatable bonds is 3. The van der Waals surface area contributed by atoms with Crippen molar-refractivity contribution in [1.82, 2.24) is 10.2 Å². The van der Waals surface area contributed by atoms with Crippen molar-refractivity contribution in [2.75, 3.05) is 14.2 Å². The molecule has 0 aromatic heterocycles. The first-order chi connectivity index (χ1) is 11.4. The molecule has 0 saturated carbocycles. The topological polar surface area (TPSA) is 75.7 Å². The van der Waals surface area contributed by atoms with Gasteiger partial charge in [-0.25, -0.2) is 4.39 Å². The van der Waals surface area contributed by atoms with Crippen LogP contribution in [0.25, 0.3) is 0 Å². The number of carbonyl (C=O) groups is 3. The van der Waals surface area contributed by atoms with Crippen molar-refractivity contribution in [3.63, 3.8) is 0 Å². The van der Waals surface area contributed by atoms with E-state index in [0.717, 1.165) is 4.90 Å². The summed E-state index contributed by atoms with van der Waals surface area (Å²) in [6, 6.07) is 5.14. The maximum absolute atomic E-state index is 13.2. The average molecular weight is 334 g/mol. The molecule has 2 saturated heterocycles. The first-order valence-corrected chi connectivity index (χ1v) is 7.80. The number of nitrogens with zero attached hydrogens (tertiary/aromatic N) is 1. The molecular weight excluding hydrogens is 315 g/mol. The minimum absolute atomic E-state index is 0.297. The molecule has 0 radical (unpaired) electrons. The van der Waals surface area contributed by atoms with Crippen LogP contribution < -0.4 is 5.32 Å². The number of hydrogen-bond acceptors (Lipinski definition) is 5. The largest absolute Gasteiger partial charge is 0.468 e. The number of esters is 1. The van der Waals surface area contributed by atoms with Crippen molar-refractivity contribution >= 4 is 17.8 Å². The molecule has 24 heavy (non-hydrogen) atoms. The molecule has 0 spiro atoms. The molecule has 3 rings (SSSR count). The van der Waals surface area contributed by atoms with Crippen LogP contribution in [0.15, 0.2) is 24.3 Å². The number of likely N-dealkylation sites (tertiary alicyclic amines) is 1. The summed E-state index contributed by atoms with van der Waals surface area (Å²) < 4.78 is 18.1. The Kier molecular flexibility index (Phi) is 3.91. The Morgan fingerprint density at radius 2 is 1.92 bits per heavy atom. The van der Waals surface area contributed by atoms with Crippen molar-refractivity contribution in [1.29, 1.82) is 0 Å². The van der Waals surface area contributed by atoms with Gasteiger partial charge in [-0.1, -0.05) is 19.1 Å². The molecule has 2 heterocycles. The molecule has 1 aromatic carbocycles. The highest BCUT2D eigenvalue weighted by Crippen LogP contribution is 2.49. The number of fused-ring (bicyclic) bond motifs is 1. The molecule has 0 bridgehead atoms. The summed E-state index contributed by atoms with van der Waals surface area (Å²) in [5, 5.41) is 3.16. The normalized spacial score (nSPS) is 32.2. The summed E-state index contributed by atoms with van der Waals surface area (Å²) in [6.45, 7) is 1.77. The number of imide groups is 1. The number of nitrogens with one attached hydrogen (secondary N) is 1. The molecule has 2 aliphatic rings. The summed E-state index contributed by atoms with van der Waals surface area (Å²) in [5.41, 5.74) is -0.613. The average Bonchev–Trinajstić information content (AvgIpc) is 3.05. The van der Waals surface area contributed by atoms with Crippen molar-refractivity contribution in [3.05, 3.63) is 35.6 Å². The number of amides is 2. The first-order valence-electron chi connectivity index (χ1n) is 7.80. The van der Waals surface area contributed by atoms with Crippen LogP contribution in [0.1, 0.15) is 24.9 Å². The van der Waals surface area contributed by atoms with Gasteiger partial charge in [-0.05, 0) is 24.1 Å². The van der Waals surface area contributed by atoms with Crippen LogP contribution in [0.4, 0.5) is 4.39 Å². The second-order valence-electron chi connectivity index (χ2n) is 6.23. The monoisotopic (exact) mass is 334 g/mol. The van der Waals surface area contributed by atoms with Gasteiger partial charge in [0.25, 0.3) is 0 Å². The lowest BCUT2D eigenvalue weighted by Crippen LogP contribution is -2.55. The summed E-state index contributed by atoms with van der Waals surface area (Å²) >= 11 is 0. The van der Waals surface area contributed by atoms with Gasteiger partial charge in [0.2, 0.25) is 11.8 Å². The first kappa shape index (κ1) is 16.6. The number of methoxy groups -OCH3 is 1. The number of benzene rings is 1. The van der Waals surface area contributed by atoms with Crippen LogP contribution in [0.2, 0.25) is 0 Å². The van der Waals surface area contributed by atoms with Crippen molar-refractivity contribution in [2.24, 2.45) is 11.8 Å². The second-order valence-corrected chi connectivity index (χ2v) is 6.23. The quantitative estimate of drug-likeness (QED) is 0.660. The van der Waals surface area contributed by atoms with Gasteiger partial charge < -0.3 is 4.74 Å². The zero-order valence-electron chi connectivity index (χ0n) is 13.7. The molecule has 1 aromatic rings. The second kappa shape index (κ2) is 5.66. The highest BCUT2D eigenvalue weighted by molar-refractivity contribution is 6.09. The van der Waals surface area contributed by atoms with E-state index in [9.17, 15) is 18.8 Å². The third kappa shape index (κ3) is 2.07. The molecule has 2 aliphatic heterocycles. The van der Waals surface area contributed by atoms with Crippen LogP contribution >= 0.6 is 0 Å². The summed E-state index contributed by atoms with van der Waals surface area (Å²) in [6.07, 6.45) is 0.297. The standard InChI is InChI=1S/C17H19FN2O4/c1-4-17(16(23)24-3)12-11(14(21)20(2)15(12)22)13(19-17)9-5-7-10(18)8-6-9/h5-8,11-13,19H,4H2,1-3H3/t11-,12+,13-,17+/m1/s1. The molecule has 128 valence electrons. The van der Waals surface area contributed by atoms with Crippen LogP contribution in [0.5, 0.6) is 0 Å². The Bertz CT molecular complexity index is 705. The molecule has 7 heteroatoms. The molecule has 0 aliphatic carbocycles. The maximum Gasteiger partial charge on any atom is 0.326 e. The van der Waals surface area contributed by atoms with Gasteiger partial charge in [0, 0.05) is 13.1 Å². The lowest BCUT2D eigenvalue weighted by molar-refractivity contribution is -0.154. The fourth-order valence-electron chi connectivity index (χ4n) is 3.94.